The first-order chi connectivity index (χ1) is 9.93. The maximum atomic E-state index is 13.7. The standard InChI is InChI=1S/C13H12F2N2O3S/c1-2-16-13(18)8-3-4-10(17(19)20)11(5-8)21-7-9(14)6-12(21)15/h3-7,21H,2H2,1H3,(H,16,18). The Morgan fingerprint density at radius 3 is 2.67 bits per heavy atom. The first kappa shape index (κ1) is 15.2. The van der Waals surface area contributed by atoms with Gasteiger partial charge in [0.05, 0.1) is 9.82 Å². The van der Waals surface area contributed by atoms with Crippen LogP contribution in [0, 0.1) is 10.1 Å². The SMILES string of the molecule is CCNC(=O)c1ccc([N+](=O)[O-])c([SH]2C=C(F)C=C2F)c1. The molecule has 1 unspecified atom stereocenters. The van der Waals surface area contributed by atoms with Crippen molar-refractivity contribution in [3.63, 3.8) is 0 Å². The lowest BCUT2D eigenvalue weighted by atomic mass is 10.2. The summed E-state index contributed by atoms with van der Waals surface area (Å²) in [6.07, 6.45) is 0.703. The Morgan fingerprint density at radius 2 is 2.14 bits per heavy atom. The molecule has 21 heavy (non-hydrogen) atoms. The normalized spacial score (nSPS) is 18.9. The third-order valence-corrected chi connectivity index (χ3v) is 4.74. The molecule has 0 saturated carbocycles. The summed E-state index contributed by atoms with van der Waals surface area (Å²) in [5.74, 6) is -1.19. The summed E-state index contributed by atoms with van der Waals surface area (Å²) in [6, 6.07) is 3.68. The number of benzene rings is 1. The van der Waals surface area contributed by atoms with Crippen LogP contribution in [-0.4, -0.2) is 17.4 Å². The van der Waals surface area contributed by atoms with E-state index in [0.29, 0.717) is 12.6 Å². The zero-order chi connectivity index (χ0) is 15.6. The fraction of sp³-hybridized carbons (Fsp3) is 0.154. The number of carbonyl (C=O) groups excluding carboxylic acids is 1. The minimum atomic E-state index is -1.91. The van der Waals surface area contributed by atoms with Crippen LogP contribution in [-0.2, 0) is 0 Å². The molecule has 0 radical (unpaired) electrons. The molecule has 0 bridgehead atoms. The monoisotopic (exact) mass is 314 g/mol. The van der Waals surface area contributed by atoms with Crippen LogP contribution in [0.1, 0.15) is 17.3 Å². The van der Waals surface area contributed by atoms with Crippen molar-refractivity contribution >= 4 is 22.5 Å². The highest BCUT2D eigenvalue weighted by Crippen LogP contribution is 2.54. The average molecular weight is 314 g/mol. The van der Waals surface area contributed by atoms with Gasteiger partial charge in [-0.3, -0.25) is 14.9 Å². The summed E-state index contributed by atoms with van der Waals surface area (Å²) < 4.78 is 26.9. The van der Waals surface area contributed by atoms with Crippen LogP contribution in [0.4, 0.5) is 14.5 Å². The van der Waals surface area contributed by atoms with E-state index in [9.17, 15) is 23.7 Å². The van der Waals surface area contributed by atoms with Gasteiger partial charge < -0.3 is 5.32 Å². The third kappa shape index (κ3) is 3.10. The summed E-state index contributed by atoms with van der Waals surface area (Å²) in [4.78, 5) is 22.1. The van der Waals surface area contributed by atoms with Gasteiger partial charge in [0.2, 0.25) is 0 Å². The van der Waals surface area contributed by atoms with Crippen LogP contribution in [0.25, 0.3) is 0 Å². The lowest BCUT2D eigenvalue weighted by molar-refractivity contribution is -0.387. The molecule has 8 heteroatoms. The number of thiol groups is 1. The van der Waals surface area contributed by atoms with Crippen molar-refractivity contribution in [3.8, 4) is 0 Å². The molecule has 112 valence electrons. The minimum absolute atomic E-state index is 0.0140. The van der Waals surface area contributed by atoms with Crippen molar-refractivity contribution in [3.05, 3.63) is 56.3 Å². The zero-order valence-corrected chi connectivity index (χ0v) is 11.9. The second kappa shape index (κ2) is 6.04. The third-order valence-electron chi connectivity index (χ3n) is 2.77. The topological polar surface area (TPSA) is 72.2 Å². The van der Waals surface area contributed by atoms with Crippen molar-refractivity contribution in [1.29, 1.82) is 0 Å². The van der Waals surface area contributed by atoms with Crippen LogP contribution in [0.15, 0.2) is 45.6 Å². The predicted molar refractivity (Wildman–Crippen MR) is 76.7 cm³/mol. The van der Waals surface area contributed by atoms with E-state index in [4.69, 9.17) is 0 Å². The number of hydrogen-bond donors (Lipinski definition) is 2. The Hall–Kier alpha value is -2.22. The average Bonchev–Trinajstić information content (AvgIpc) is 2.77. The fourth-order valence-corrected chi connectivity index (χ4v) is 3.62. The van der Waals surface area contributed by atoms with Crippen LogP contribution in [0.2, 0.25) is 0 Å². The molecule has 1 aliphatic rings. The maximum Gasteiger partial charge on any atom is 0.281 e. The van der Waals surface area contributed by atoms with Crippen LogP contribution < -0.4 is 5.32 Å². The number of rotatable bonds is 4. The molecule has 1 aromatic rings. The van der Waals surface area contributed by atoms with Gasteiger partial charge in [0.1, 0.15) is 11.0 Å². The molecule has 1 aromatic carbocycles. The lowest BCUT2D eigenvalue weighted by Gasteiger charge is -2.14. The van der Waals surface area contributed by atoms with E-state index in [1.165, 1.54) is 12.1 Å². The number of nitro groups is 1. The smallest absolute Gasteiger partial charge is 0.281 e. The molecule has 1 N–H and O–H groups in total. The van der Waals surface area contributed by atoms with Gasteiger partial charge in [0.25, 0.3) is 11.6 Å². The van der Waals surface area contributed by atoms with Crippen molar-refractivity contribution in [2.24, 2.45) is 0 Å². The Morgan fingerprint density at radius 1 is 1.43 bits per heavy atom. The van der Waals surface area contributed by atoms with Gasteiger partial charge in [-0.25, -0.2) is 8.78 Å². The van der Waals surface area contributed by atoms with Gasteiger partial charge in [-0.15, -0.1) is 10.9 Å². The molecule has 5 nitrogen and oxygen atoms in total. The minimum Gasteiger partial charge on any atom is -0.352 e. The van der Waals surface area contributed by atoms with Crippen molar-refractivity contribution < 1.29 is 18.5 Å². The largest absolute Gasteiger partial charge is 0.352 e. The summed E-state index contributed by atoms with van der Waals surface area (Å²) in [5, 5.41) is 13.8. The number of nitrogens with one attached hydrogen (secondary N) is 1. The molecule has 0 spiro atoms. The van der Waals surface area contributed by atoms with Gasteiger partial charge in [0.15, 0.2) is 0 Å². The highest BCUT2D eigenvalue weighted by molar-refractivity contribution is 8.23. The van der Waals surface area contributed by atoms with Gasteiger partial charge in [-0.2, -0.15) is 0 Å². The molecule has 0 aliphatic carbocycles. The molecule has 1 aliphatic heterocycles. The van der Waals surface area contributed by atoms with Gasteiger partial charge in [0, 0.05) is 24.3 Å². The summed E-state index contributed by atoms with van der Waals surface area (Å²) >= 11 is 0. The van der Waals surface area contributed by atoms with Crippen molar-refractivity contribution in [2.75, 3.05) is 6.54 Å². The number of halogens is 2. The Bertz CT molecular complexity index is 673. The van der Waals surface area contributed by atoms with E-state index >= 15 is 0 Å². The Labute approximate surface area is 121 Å². The van der Waals surface area contributed by atoms with E-state index in [1.807, 2.05) is 0 Å². The van der Waals surface area contributed by atoms with Crippen molar-refractivity contribution in [2.45, 2.75) is 11.8 Å². The number of hydrogen-bond acceptors (Lipinski definition) is 3. The molecule has 0 aromatic heterocycles. The molecule has 2 rings (SSSR count). The quantitative estimate of drug-likeness (QED) is 0.508. The molecule has 1 amide bonds. The molecular formula is C13H12F2N2O3S. The van der Waals surface area contributed by atoms with Crippen LogP contribution in [0.3, 0.4) is 0 Å². The van der Waals surface area contributed by atoms with Crippen LogP contribution in [0.5, 0.6) is 0 Å². The van der Waals surface area contributed by atoms with E-state index in [1.54, 1.807) is 6.92 Å². The molecule has 1 atom stereocenters. The molecule has 0 fully saturated rings. The number of nitro benzene ring substituents is 1. The zero-order valence-electron chi connectivity index (χ0n) is 11.0. The first-order valence-corrected chi connectivity index (χ1v) is 7.45. The summed E-state index contributed by atoms with van der Waals surface area (Å²) in [5.41, 5.74) is -0.155. The van der Waals surface area contributed by atoms with E-state index in [-0.39, 0.29) is 16.1 Å². The Kier molecular flexibility index (Phi) is 4.37. The number of allylic oxidation sites excluding steroid dienone is 2. The van der Waals surface area contributed by atoms with E-state index < -0.39 is 32.7 Å². The van der Waals surface area contributed by atoms with E-state index in [0.717, 1.165) is 11.5 Å². The summed E-state index contributed by atoms with van der Waals surface area (Å²) in [7, 11) is -1.91. The van der Waals surface area contributed by atoms with E-state index in [2.05, 4.69) is 5.32 Å². The second-order valence-electron chi connectivity index (χ2n) is 4.17. The van der Waals surface area contributed by atoms with Gasteiger partial charge in [-0.05, 0) is 24.5 Å². The van der Waals surface area contributed by atoms with Crippen molar-refractivity contribution in [1.82, 2.24) is 5.32 Å². The lowest BCUT2D eigenvalue weighted by Crippen LogP contribution is -2.22. The number of amides is 1. The number of nitrogens with zero attached hydrogens (tertiary/aromatic N) is 1. The second-order valence-corrected chi connectivity index (χ2v) is 6.08. The van der Waals surface area contributed by atoms with Crippen LogP contribution >= 0.6 is 10.9 Å². The predicted octanol–water partition coefficient (Wildman–Crippen LogP) is 3.34. The van der Waals surface area contributed by atoms with Gasteiger partial charge in [-0.1, -0.05) is 0 Å². The van der Waals surface area contributed by atoms with Gasteiger partial charge >= 0.3 is 0 Å². The highest BCUT2D eigenvalue weighted by atomic mass is 32.2. The fourth-order valence-electron chi connectivity index (χ4n) is 1.86. The highest BCUT2D eigenvalue weighted by Gasteiger charge is 2.26. The summed E-state index contributed by atoms with van der Waals surface area (Å²) in [6.45, 7) is 2.12. The molecular weight excluding hydrogens is 302 g/mol. The molecule has 0 saturated heterocycles. The maximum absolute atomic E-state index is 13.7. The first-order valence-electron chi connectivity index (χ1n) is 6.04. The Balaban J connectivity index is 2.51. The molecule has 1 heterocycles. The number of carbonyl (C=O) groups is 1.